The van der Waals surface area contributed by atoms with Gasteiger partial charge in [0.05, 0.1) is 0 Å². The molecule has 1 atom stereocenters. The van der Waals surface area contributed by atoms with Crippen molar-refractivity contribution in [2.75, 3.05) is 6.54 Å². The maximum Gasteiger partial charge on any atom is 0.0496 e. The third kappa shape index (κ3) is 3.07. The molecule has 1 fully saturated rings. The van der Waals surface area contributed by atoms with Crippen molar-refractivity contribution in [2.24, 2.45) is 0 Å². The summed E-state index contributed by atoms with van der Waals surface area (Å²) >= 11 is 0. The third-order valence-electron chi connectivity index (χ3n) is 2.47. The molecule has 0 bridgehead atoms. The molecule has 1 aromatic carbocycles. The van der Waals surface area contributed by atoms with Crippen LogP contribution in [-0.4, -0.2) is 6.54 Å². The summed E-state index contributed by atoms with van der Waals surface area (Å²) in [4.78, 5) is 0. The maximum absolute atomic E-state index is 12.9. The van der Waals surface area contributed by atoms with Crippen LogP contribution in [0.4, 0.5) is 8.78 Å². The van der Waals surface area contributed by atoms with Crippen molar-refractivity contribution in [3.63, 3.8) is 0 Å². The number of piperidine rings is 1. The van der Waals surface area contributed by atoms with Crippen LogP contribution in [0.3, 0.4) is 0 Å². The molecular formula is C11H11F2IrN-2. The summed E-state index contributed by atoms with van der Waals surface area (Å²) in [6, 6.07) is 5.00. The molecule has 1 unspecified atom stereocenters. The van der Waals surface area contributed by atoms with Crippen molar-refractivity contribution >= 4 is 0 Å². The van der Waals surface area contributed by atoms with E-state index in [0.29, 0.717) is 5.56 Å². The summed E-state index contributed by atoms with van der Waals surface area (Å²) in [6.45, 7) is 0.817. The molecule has 1 aromatic rings. The molecule has 1 saturated heterocycles. The molecule has 2 rings (SSSR count). The summed E-state index contributed by atoms with van der Waals surface area (Å²) in [5.74, 6) is -1.65. The van der Waals surface area contributed by atoms with E-state index in [1.54, 1.807) is 0 Å². The van der Waals surface area contributed by atoms with Crippen LogP contribution in [-0.2, 0) is 20.1 Å². The third-order valence-corrected chi connectivity index (χ3v) is 2.47. The molecule has 1 aliphatic rings. The van der Waals surface area contributed by atoms with Gasteiger partial charge in [0.15, 0.2) is 0 Å². The Kier molecular flexibility index (Phi) is 4.84. The first-order valence-electron chi connectivity index (χ1n) is 4.80. The summed E-state index contributed by atoms with van der Waals surface area (Å²) < 4.78 is 25.5. The zero-order valence-corrected chi connectivity index (χ0v) is 10.5. The first-order valence-corrected chi connectivity index (χ1v) is 4.80. The first kappa shape index (κ1) is 12.8. The van der Waals surface area contributed by atoms with Gasteiger partial charge in [-0.25, -0.2) is 4.39 Å². The van der Waals surface area contributed by atoms with E-state index in [0.717, 1.165) is 31.9 Å². The Bertz CT molecular complexity index is 324. The molecule has 0 aromatic heterocycles. The molecule has 1 nitrogen and oxygen atoms in total. The predicted molar refractivity (Wildman–Crippen MR) is 50.0 cm³/mol. The minimum absolute atomic E-state index is 0. The van der Waals surface area contributed by atoms with Crippen LogP contribution in [0.25, 0.3) is 5.32 Å². The van der Waals surface area contributed by atoms with Gasteiger partial charge in [-0.2, -0.15) is 11.6 Å². The summed E-state index contributed by atoms with van der Waals surface area (Å²) in [5.41, 5.74) is 0.670. The van der Waals surface area contributed by atoms with Crippen molar-refractivity contribution in [2.45, 2.75) is 25.3 Å². The zero-order valence-electron chi connectivity index (χ0n) is 8.10. The quantitative estimate of drug-likeness (QED) is 0.656. The molecule has 0 N–H and O–H groups in total. The number of hydrogen-bond donors (Lipinski definition) is 0. The fourth-order valence-corrected chi connectivity index (χ4v) is 1.70. The molecule has 1 radical (unpaired) electrons. The van der Waals surface area contributed by atoms with Crippen LogP contribution >= 0.6 is 0 Å². The largest absolute Gasteiger partial charge is 0.657 e. The van der Waals surface area contributed by atoms with Gasteiger partial charge in [0.2, 0.25) is 0 Å². The van der Waals surface area contributed by atoms with Crippen LogP contribution in [0.15, 0.2) is 12.1 Å². The van der Waals surface area contributed by atoms with Crippen molar-refractivity contribution in [1.29, 1.82) is 0 Å². The van der Waals surface area contributed by atoms with Gasteiger partial charge in [-0.05, 0) is 0 Å². The number of benzene rings is 1. The van der Waals surface area contributed by atoms with E-state index in [9.17, 15) is 8.78 Å². The molecule has 15 heavy (non-hydrogen) atoms. The van der Waals surface area contributed by atoms with Crippen LogP contribution in [0.2, 0.25) is 0 Å². The molecule has 1 aliphatic heterocycles. The number of rotatable bonds is 1. The SMILES string of the molecule is Fc1c[c-]c(C2CCCC[N-]2)cc1F.[Ir]. The molecule has 0 spiro atoms. The monoisotopic (exact) mass is 388 g/mol. The standard InChI is InChI=1S/C11H11F2N.Ir/c12-9-5-4-8(7-10(9)13)11-3-1-2-6-14-11;/h5,7,11H,1-3,6H2;/q-2;. The van der Waals surface area contributed by atoms with E-state index < -0.39 is 11.6 Å². The van der Waals surface area contributed by atoms with E-state index in [1.807, 2.05) is 0 Å². The average Bonchev–Trinajstić information content (AvgIpc) is 2.23. The van der Waals surface area contributed by atoms with Crippen LogP contribution in [0, 0.1) is 17.7 Å². The smallest absolute Gasteiger partial charge is 0.0496 e. The minimum atomic E-state index is -0.843. The predicted octanol–water partition coefficient (Wildman–Crippen LogP) is 3.36. The molecule has 0 saturated carbocycles. The Morgan fingerprint density at radius 3 is 2.67 bits per heavy atom. The molecule has 0 amide bonds. The average molecular weight is 387 g/mol. The van der Waals surface area contributed by atoms with E-state index in [1.165, 1.54) is 6.07 Å². The Morgan fingerprint density at radius 2 is 2.07 bits per heavy atom. The Balaban J connectivity index is 0.00000112. The van der Waals surface area contributed by atoms with E-state index in [4.69, 9.17) is 0 Å². The van der Waals surface area contributed by atoms with E-state index in [-0.39, 0.29) is 26.1 Å². The zero-order chi connectivity index (χ0) is 9.97. The topological polar surface area (TPSA) is 14.1 Å². The van der Waals surface area contributed by atoms with Gasteiger partial charge in [-0.3, -0.25) is 4.39 Å². The van der Waals surface area contributed by atoms with Gasteiger partial charge in [-0.1, -0.05) is 19.3 Å². The summed E-state index contributed by atoms with van der Waals surface area (Å²) in [6.07, 6.45) is 3.11. The molecule has 85 valence electrons. The van der Waals surface area contributed by atoms with Crippen LogP contribution < -0.4 is 0 Å². The van der Waals surface area contributed by atoms with Crippen LogP contribution in [0.5, 0.6) is 0 Å². The van der Waals surface area contributed by atoms with E-state index >= 15 is 0 Å². The van der Waals surface area contributed by atoms with E-state index in [2.05, 4.69) is 11.4 Å². The van der Waals surface area contributed by atoms with Gasteiger partial charge >= 0.3 is 0 Å². The molecular weight excluding hydrogens is 376 g/mol. The fraction of sp³-hybridized carbons (Fsp3) is 0.455. The van der Waals surface area contributed by atoms with Gasteiger partial charge in [0, 0.05) is 31.7 Å². The van der Waals surface area contributed by atoms with Gasteiger partial charge in [0.1, 0.15) is 0 Å². The Morgan fingerprint density at radius 1 is 1.27 bits per heavy atom. The number of halogens is 2. The normalized spacial score (nSPS) is 20.8. The Hall–Kier alpha value is -0.311. The van der Waals surface area contributed by atoms with Crippen molar-refractivity contribution in [1.82, 2.24) is 0 Å². The first-order chi connectivity index (χ1) is 6.77. The molecule has 0 aliphatic carbocycles. The van der Waals surface area contributed by atoms with Gasteiger partial charge < -0.3 is 5.32 Å². The second-order valence-electron chi connectivity index (χ2n) is 3.50. The van der Waals surface area contributed by atoms with Gasteiger partial charge in [-0.15, -0.1) is 24.7 Å². The second kappa shape index (κ2) is 5.69. The fourth-order valence-electron chi connectivity index (χ4n) is 1.70. The van der Waals surface area contributed by atoms with Gasteiger partial charge in [0.25, 0.3) is 0 Å². The van der Waals surface area contributed by atoms with Crippen molar-refractivity contribution < 1.29 is 28.9 Å². The summed E-state index contributed by atoms with van der Waals surface area (Å²) in [5, 5.41) is 4.35. The second-order valence-corrected chi connectivity index (χ2v) is 3.50. The summed E-state index contributed by atoms with van der Waals surface area (Å²) in [7, 11) is 0. The van der Waals surface area contributed by atoms with Crippen molar-refractivity contribution in [3.05, 3.63) is 40.7 Å². The number of hydrogen-bond acceptors (Lipinski definition) is 0. The molecule has 4 heteroatoms. The maximum atomic E-state index is 12.9. The molecule has 1 heterocycles. The Labute approximate surface area is 102 Å². The van der Waals surface area contributed by atoms with Crippen LogP contribution in [0.1, 0.15) is 30.9 Å². The number of nitrogens with zero attached hydrogens (tertiary/aromatic N) is 1. The minimum Gasteiger partial charge on any atom is -0.657 e. The van der Waals surface area contributed by atoms with Crippen molar-refractivity contribution in [3.8, 4) is 0 Å².